The summed E-state index contributed by atoms with van der Waals surface area (Å²) in [5.74, 6) is -1.36. The topological polar surface area (TPSA) is 42.0 Å². The molecule has 1 heterocycles. The van der Waals surface area contributed by atoms with Crippen molar-refractivity contribution in [3.63, 3.8) is 0 Å². The van der Waals surface area contributed by atoms with Crippen molar-refractivity contribution in [3.8, 4) is 0 Å². The highest BCUT2D eigenvalue weighted by atomic mass is 127. The summed E-state index contributed by atoms with van der Waals surface area (Å²) < 4.78 is 26.1. The third-order valence-electron chi connectivity index (χ3n) is 2.14. The molecule has 0 atom stereocenters. The Hall–Kier alpha value is -1.57. The number of nitrogens with one attached hydrogen (secondary N) is 1. The predicted molar refractivity (Wildman–Crippen MR) is 71.3 cm³/mol. The second-order valence-electron chi connectivity index (χ2n) is 3.44. The van der Waals surface area contributed by atoms with Gasteiger partial charge in [0.25, 0.3) is 5.91 Å². The van der Waals surface area contributed by atoms with E-state index in [1.165, 1.54) is 24.3 Å². The lowest BCUT2D eigenvalue weighted by Crippen LogP contribution is -2.14. The zero-order valence-electron chi connectivity index (χ0n) is 8.95. The molecule has 1 aromatic heterocycles. The second-order valence-corrected chi connectivity index (χ2v) is 4.60. The van der Waals surface area contributed by atoms with Crippen LogP contribution in [-0.4, -0.2) is 10.9 Å². The van der Waals surface area contributed by atoms with E-state index in [4.69, 9.17) is 0 Å². The van der Waals surface area contributed by atoms with Gasteiger partial charge in [-0.15, -0.1) is 0 Å². The molecule has 6 heteroatoms. The van der Waals surface area contributed by atoms with Crippen molar-refractivity contribution in [1.82, 2.24) is 4.98 Å². The van der Waals surface area contributed by atoms with Gasteiger partial charge in [-0.3, -0.25) is 4.79 Å². The number of halogens is 3. The van der Waals surface area contributed by atoms with E-state index in [1.807, 2.05) is 22.6 Å². The molecule has 0 unspecified atom stereocenters. The maximum absolute atomic E-state index is 12.9. The summed E-state index contributed by atoms with van der Waals surface area (Å²) in [5, 5.41) is 2.58. The van der Waals surface area contributed by atoms with Gasteiger partial charge >= 0.3 is 0 Å². The molecule has 0 spiro atoms. The zero-order valence-corrected chi connectivity index (χ0v) is 11.1. The lowest BCUT2D eigenvalue weighted by atomic mass is 10.3. The number of pyridine rings is 1. The molecule has 0 aliphatic rings. The average Bonchev–Trinajstić information content (AvgIpc) is 2.33. The number of amides is 1. The molecule has 0 aliphatic heterocycles. The molecule has 18 heavy (non-hydrogen) atoms. The second kappa shape index (κ2) is 5.38. The molecule has 0 radical (unpaired) electrons. The number of benzene rings is 1. The SMILES string of the molecule is O=C(Nc1ccc(F)cc1I)c1ccc(F)cn1. The summed E-state index contributed by atoms with van der Waals surface area (Å²) in [6.07, 6.45) is 0.963. The van der Waals surface area contributed by atoms with Gasteiger partial charge < -0.3 is 5.32 Å². The molecule has 0 aliphatic carbocycles. The Morgan fingerprint density at radius 1 is 1.17 bits per heavy atom. The van der Waals surface area contributed by atoms with Crippen LogP contribution in [0.15, 0.2) is 36.5 Å². The van der Waals surface area contributed by atoms with Crippen LogP contribution in [0.2, 0.25) is 0 Å². The zero-order chi connectivity index (χ0) is 13.1. The van der Waals surface area contributed by atoms with Crippen LogP contribution in [-0.2, 0) is 0 Å². The summed E-state index contributed by atoms with van der Waals surface area (Å²) >= 11 is 1.91. The third-order valence-corrected chi connectivity index (χ3v) is 3.03. The van der Waals surface area contributed by atoms with Crippen molar-refractivity contribution in [1.29, 1.82) is 0 Å². The first-order valence-electron chi connectivity index (χ1n) is 4.94. The largest absolute Gasteiger partial charge is 0.320 e. The van der Waals surface area contributed by atoms with Gasteiger partial charge in [0.05, 0.1) is 11.9 Å². The van der Waals surface area contributed by atoms with E-state index in [0.29, 0.717) is 9.26 Å². The van der Waals surface area contributed by atoms with Crippen molar-refractivity contribution in [2.24, 2.45) is 0 Å². The van der Waals surface area contributed by atoms with E-state index in [1.54, 1.807) is 0 Å². The highest BCUT2D eigenvalue weighted by Gasteiger charge is 2.10. The van der Waals surface area contributed by atoms with Crippen molar-refractivity contribution in [2.75, 3.05) is 5.32 Å². The monoisotopic (exact) mass is 360 g/mol. The Morgan fingerprint density at radius 2 is 1.89 bits per heavy atom. The number of carbonyl (C=O) groups is 1. The van der Waals surface area contributed by atoms with Crippen LogP contribution >= 0.6 is 22.6 Å². The van der Waals surface area contributed by atoms with Gasteiger partial charge in [0, 0.05) is 3.57 Å². The van der Waals surface area contributed by atoms with E-state index < -0.39 is 11.7 Å². The fraction of sp³-hybridized carbons (Fsp3) is 0. The highest BCUT2D eigenvalue weighted by Crippen LogP contribution is 2.19. The maximum atomic E-state index is 12.9. The smallest absolute Gasteiger partial charge is 0.274 e. The lowest BCUT2D eigenvalue weighted by Gasteiger charge is -2.06. The minimum atomic E-state index is -0.511. The molecular formula is C12H7F2IN2O. The molecule has 3 nitrogen and oxygen atoms in total. The summed E-state index contributed by atoms with van der Waals surface area (Å²) in [7, 11) is 0. The van der Waals surface area contributed by atoms with Gasteiger partial charge in [0.15, 0.2) is 0 Å². The molecule has 0 bridgehead atoms. The number of carbonyl (C=O) groups excluding carboxylic acids is 1. The Bertz CT molecular complexity index is 587. The minimum absolute atomic E-state index is 0.0940. The van der Waals surface area contributed by atoms with E-state index in [2.05, 4.69) is 10.3 Å². The Morgan fingerprint density at radius 3 is 2.50 bits per heavy atom. The van der Waals surface area contributed by atoms with Gasteiger partial charge in [-0.2, -0.15) is 0 Å². The van der Waals surface area contributed by atoms with Crippen LogP contribution in [0.3, 0.4) is 0 Å². The molecule has 2 rings (SSSR count). The van der Waals surface area contributed by atoms with E-state index in [9.17, 15) is 13.6 Å². The quantitative estimate of drug-likeness (QED) is 0.836. The van der Waals surface area contributed by atoms with Crippen LogP contribution in [0.1, 0.15) is 10.5 Å². The highest BCUT2D eigenvalue weighted by molar-refractivity contribution is 14.1. The number of anilines is 1. The van der Waals surface area contributed by atoms with Crippen LogP contribution in [0.5, 0.6) is 0 Å². The van der Waals surface area contributed by atoms with Gasteiger partial charge in [-0.25, -0.2) is 13.8 Å². The van der Waals surface area contributed by atoms with E-state index >= 15 is 0 Å². The van der Waals surface area contributed by atoms with E-state index in [-0.39, 0.29) is 11.5 Å². The van der Waals surface area contributed by atoms with Crippen LogP contribution in [0.4, 0.5) is 14.5 Å². The van der Waals surface area contributed by atoms with E-state index in [0.717, 1.165) is 12.3 Å². The lowest BCUT2D eigenvalue weighted by molar-refractivity contribution is 0.102. The molecule has 1 N–H and O–H groups in total. The van der Waals surface area contributed by atoms with Crippen LogP contribution in [0, 0.1) is 15.2 Å². The number of nitrogens with zero attached hydrogens (tertiary/aromatic N) is 1. The van der Waals surface area contributed by atoms with Crippen molar-refractivity contribution >= 4 is 34.2 Å². The van der Waals surface area contributed by atoms with Crippen LogP contribution in [0.25, 0.3) is 0 Å². The standard InChI is InChI=1S/C12H7F2IN2O/c13-7-1-3-10(9(15)5-7)17-12(18)11-4-2-8(14)6-16-11/h1-6H,(H,17,18). The maximum Gasteiger partial charge on any atom is 0.274 e. The van der Waals surface area contributed by atoms with Crippen LogP contribution < -0.4 is 5.32 Å². The summed E-state index contributed by atoms with van der Waals surface area (Å²) in [4.78, 5) is 15.4. The molecule has 0 fully saturated rings. The number of rotatable bonds is 2. The minimum Gasteiger partial charge on any atom is -0.320 e. The molecule has 0 saturated carbocycles. The first-order valence-corrected chi connectivity index (χ1v) is 6.02. The molecule has 1 amide bonds. The first kappa shape index (κ1) is 12.9. The molecule has 92 valence electrons. The first-order chi connectivity index (χ1) is 8.56. The Labute approximate surface area is 115 Å². The van der Waals surface area contributed by atoms with Crippen molar-refractivity contribution in [3.05, 3.63) is 57.4 Å². The number of aromatic nitrogens is 1. The predicted octanol–water partition coefficient (Wildman–Crippen LogP) is 3.22. The molecule has 0 saturated heterocycles. The molecular weight excluding hydrogens is 353 g/mol. The fourth-order valence-corrected chi connectivity index (χ4v) is 1.90. The average molecular weight is 360 g/mol. The Balaban J connectivity index is 2.18. The number of hydrogen-bond acceptors (Lipinski definition) is 2. The van der Waals surface area contributed by atoms with Gasteiger partial charge in [-0.05, 0) is 52.9 Å². The van der Waals surface area contributed by atoms with Gasteiger partial charge in [-0.1, -0.05) is 0 Å². The fourth-order valence-electron chi connectivity index (χ4n) is 1.29. The molecule has 2 aromatic rings. The van der Waals surface area contributed by atoms with Crippen molar-refractivity contribution in [2.45, 2.75) is 0 Å². The Kier molecular flexibility index (Phi) is 3.85. The summed E-state index contributed by atoms with van der Waals surface area (Å²) in [6.45, 7) is 0. The normalized spacial score (nSPS) is 10.2. The van der Waals surface area contributed by atoms with Crippen molar-refractivity contribution < 1.29 is 13.6 Å². The van der Waals surface area contributed by atoms with Gasteiger partial charge in [0.1, 0.15) is 17.3 Å². The summed E-state index contributed by atoms with van der Waals surface area (Å²) in [5.41, 5.74) is 0.574. The number of hydrogen-bond donors (Lipinski definition) is 1. The third kappa shape index (κ3) is 3.00. The summed E-state index contributed by atoms with van der Waals surface area (Å²) in [6, 6.07) is 6.43. The van der Waals surface area contributed by atoms with Gasteiger partial charge in [0.2, 0.25) is 0 Å². The molecule has 1 aromatic carbocycles.